The summed E-state index contributed by atoms with van der Waals surface area (Å²) in [5.74, 6) is -0.0684. The number of allylic oxidation sites excluding steroid dienone is 2. The van der Waals surface area contributed by atoms with E-state index in [-0.39, 0.29) is 24.3 Å². The number of nitrogens with zero attached hydrogens (tertiary/aromatic N) is 1. The summed E-state index contributed by atoms with van der Waals surface area (Å²) in [6.07, 6.45) is 2.91. The SMILES string of the molecule is O=C(C[C@H]1C=CCC1)N[C@@H](CN1CCCC1=O)c1cccc(C(F)(F)F)c1. The van der Waals surface area contributed by atoms with Crippen molar-refractivity contribution in [3.05, 3.63) is 47.5 Å². The lowest BCUT2D eigenvalue weighted by Crippen LogP contribution is -2.39. The Balaban J connectivity index is 1.77. The predicted molar refractivity (Wildman–Crippen MR) is 94.6 cm³/mol. The predicted octanol–water partition coefficient (Wildman–Crippen LogP) is 3.84. The standard InChI is InChI=1S/C20H23F3N2O2/c21-20(22,23)16-8-3-7-15(12-16)17(13-25-10-4-9-19(25)27)24-18(26)11-14-5-1-2-6-14/h1,3,5,7-8,12,14,17H,2,4,6,9-11,13H2,(H,24,26)/t14-,17-/m0/s1. The van der Waals surface area contributed by atoms with E-state index in [1.165, 1.54) is 6.07 Å². The highest BCUT2D eigenvalue weighted by atomic mass is 19.4. The van der Waals surface area contributed by atoms with Crippen LogP contribution in [0.15, 0.2) is 36.4 Å². The second-order valence-corrected chi connectivity index (χ2v) is 7.16. The summed E-state index contributed by atoms with van der Waals surface area (Å²) in [6.45, 7) is 0.752. The second-order valence-electron chi connectivity index (χ2n) is 7.16. The van der Waals surface area contributed by atoms with Crippen LogP contribution in [0.4, 0.5) is 13.2 Å². The minimum absolute atomic E-state index is 0.0278. The monoisotopic (exact) mass is 380 g/mol. The molecule has 1 aliphatic heterocycles. The van der Waals surface area contributed by atoms with E-state index in [1.807, 2.05) is 12.2 Å². The quantitative estimate of drug-likeness (QED) is 0.763. The van der Waals surface area contributed by atoms with Crippen LogP contribution in [-0.4, -0.2) is 29.8 Å². The van der Waals surface area contributed by atoms with Gasteiger partial charge >= 0.3 is 6.18 Å². The highest BCUT2D eigenvalue weighted by Crippen LogP contribution is 2.31. The Morgan fingerprint density at radius 1 is 1.33 bits per heavy atom. The normalized spacial score (nSPS) is 20.9. The van der Waals surface area contributed by atoms with Crippen molar-refractivity contribution in [2.75, 3.05) is 13.1 Å². The maximum atomic E-state index is 13.1. The summed E-state index contributed by atoms with van der Waals surface area (Å²) in [6, 6.07) is 4.31. The fraction of sp³-hybridized carbons (Fsp3) is 0.500. The molecule has 1 fully saturated rings. The average Bonchev–Trinajstić information content (AvgIpc) is 3.26. The summed E-state index contributed by atoms with van der Waals surface area (Å²) in [4.78, 5) is 26.0. The zero-order valence-corrected chi connectivity index (χ0v) is 15.0. The first-order chi connectivity index (χ1) is 12.8. The Bertz CT molecular complexity index is 730. The van der Waals surface area contributed by atoms with Crippen molar-refractivity contribution < 1.29 is 22.8 Å². The van der Waals surface area contributed by atoms with E-state index in [2.05, 4.69) is 5.32 Å². The van der Waals surface area contributed by atoms with Gasteiger partial charge in [-0.15, -0.1) is 0 Å². The molecular formula is C20H23F3N2O2. The van der Waals surface area contributed by atoms with Gasteiger partial charge in [0.1, 0.15) is 0 Å². The molecule has 0 aromatic heterocycles. The van der Waals surface area contributed by atoms with Crippen LogP contribution < -0.4 is 5.32 Å². The Morgan fingerprint density at radius 2 is 2.15 bits per heavy atom. The number of carbonyl (C=O) groups excluding carboxylic acids is 2. The lowest BCUT2D eigenvalue weighted by atomic mass is 10.0. The van der Waals surface area contributed by atoms with Crippen LogP contribution in [0.2, 0.25) is 0 Å². The van der Waals surface area contributed by atoms with Crippen molar-refractivity contribution >= 4 is 11.8 Å². The smallest absolute Gasteiger partial charge is 0.347 e. The molecular weight excluding hydrogens is 357 g/mol. The van der Waals surface area contributed by atoms with Crippen LogP contribution in [-0.2, 0) is 15.8 Å². The topological polar surface area (TPSA) is 49.4 Å². The van der Waals surface area contributed by atoms with Crippen LogP contribution in [0.5, 0.6) is 0 Å². The highest BCUT2D eigenvalue weighted by Gasteiger charge is 2.32. The van der Waals surface area contributed by atoms with Gasteiger partial charge in [0.25, 0.3) is 0 Å². The molecule has 0 saturated carbocycles. The third-order valence-electron chi connectivity index (χ3n) is 5.09. The van der Waals surface area contributed by atoms with Crippen LogP contribution in [0.3, 0.4) is 0 Å². The molecule has 1 heterocycles. The molecule has 0 radical (unpaired) electrons. The molecule has 1 saturated heterocycles. The van der Waals surface area contributed by atoms with Gasteiger partial charge in [0.15, 0.2) is 0 Å². The number of nitrogens with one attached hydrogen (secondary N) is 1. The number of rotatable bonds is 6. The molecule has 27 heavy (non-hydrogen) atoms. The molecule has 2 aliphatic rings. The first-order valence-corrected chi connectivity index (χ1v) is 9.24. The lowest BCUT2D eigenvalue weighted by Gasteiger charge is -2.26. The zero-order chi connectivity index (χ0) is 19.4. The molecule has 7 heteroatoms. The molecule has 2 atom stereocenters. The van der Waals surface area contributed by atoms with Crippen molar-refractivity contribution in [2.24, 2.45) is 5.92 Å². The molecule has 1 aromatic rings. The maximum absolute atomic E-state index is 13.1. The number of halogens is 3. The lowest BCUT2D eigenvalue weighted by molar-refractivity contribution is -0.137. The van der Waals surface area contributed by atoms with E-state index in [1.54, 1.807) is 11.0 Å². The highest BCUT2D eigenvalue weighted by molar-refractivity contribution is 5.79. The third kappa shape index (κ3) is 5.11. The number of likely N-dealkylation sites (tertiary alicyclic amines) is 1. The number of carbonyl (C=O) groups is 2. The van der Waals surface area contributed by atoms with Crippen molar-refractivity contribution in [1.29, 1.82) is 0 Å². The van der Waals surface area contributed by atoms with Gasteiger partial charge in [0.05, 0.1) is 11.6 Å². The molecule has 1 N–H and O–H groups in total. The second kappa shape index (κ2) is 8.15. The number of benzene rings is 1. The number of alkyl halides is 3. The van der Waals surface area contributed by atoms with Crippen molar-refractivity contribution in [2.45, 2.75) is 44.3 Å². The Labute approximate surface area is 156 Å². The van der Waals surface area contributed by atoms with Crippen molar-refractivity contribution in [1.82, 2.24) is 10.2 Å². The van der Waals surface area contributed by atoms with Gasteiger partial charge in [-0.3, -0.25) is 9.59 Å². The van der Waals surface area contributed by atoms with E-state index in [4.69, 9.17) is 0 Å². The molecule has 1 aromatic carbocycles. The van der Waals surface area contributed by atoms with Gasteiger partial charge in [-0.1, -0.05) is 24.3 Å². The largest absolute Gasteiger partial charge is 0.416 e. The molecule has 0 spiro atoms. The van der Waals surface area contributed by atoms with Crippen molar-refractivity contribution in [3.63, 3.8) is 0 Å². The first-order valence-electron chi connectivity index (χ1n) is 9.24. The summed E-state index contributed by atoms with van der Waals surface area (Å²) in [5.41, 5.74) is -0.398. The van der Waals surface area contributed by atoms with Crippen LogP contribution in [0, 0.1) is 5.92 Å². The van der Waals surface area contributed by atoms with Crippen LogP contribution in [0.1, 0.15) is 49.3 Å². The fourth-order valence-electron chi connectivity index (χ4n) is 3.64. The number of hydrogen-bond acceptors (Lipinski definition) is 2. The van der Waals surface area contributed by atoms with Crippen LogP contribution in [0.25, 0.3) is 0 Å². The van der Waals surface area contributed by atoms with Gasteiger partial charge in [-0.25, -0.2) is 0 Å². The van der Waals surface area contributed by atoms with Gasteiger partial charge in [-0.05, 0) is 42.9 Å². The number of hydrogen-bond donors (Lipinski definition) is 1. The van der Waals surface area contributed by atoms with E-state index in [0.29, 0.717) is 24.9 Å². The van der Waals surface area contributed by atoms with Crippen LogP contribution >= 0.6 is 0 Å². The molecule has 4 nitrogen and oxygen atoms in total. The minimum atomic E-state index is -4.46. The summed E-state index contributed by atoms with van der Waals surface area (Å²) >= 11 is 0. The summed E-state index contributed by atoms with van der Waals surface area (Å²) in [5, 5.41) is 2.85. The minimum Gasteiger partial charge on any atom is -0.347 e. The van der Waals surface area contributed by atoms with Gasteiger partial charge in [-0.2, -0.15) is 13.2 Å². The van der Waals surface area contributed by atoms with Gasteiger partial charge < -0.3 is 10.2 Å². The summed E-state index contributed by atoms with van der Waals surface area (Å²) < 4.78 is 39.2. The first kappa shape index (κ1) is 19.5. The molecule has 3 rings (SSSR count). The molecule has 2 amide bonds. The Kier molecular flexibility index (Phi) is 5.87. The van der Waals surface area contributed by atoms with E-state index in [9.17, 15) is 22.8 Å². The third-order valence-corrected chi connectivity index (χ3v) is 5.09. The number of amides is 2. The zero-order valence-electron chi connectivity index (χ0n) is 15.0. The maximum Gasteiger partial charge on any atom is 0.416 e. The average molecular weight is 380 g/mol. The van der Waals surface area contributed by atoms with E-state index in [0.717, 1.165) is 31.4 Å². The summed E-state index contributed by atoms with van der Waals surface area (Å²) in [7, 11) is 0. The van der Waals surface area contributed by atoms with E-state index < -0.39 is 17.8 Å². The molecule has 1 aliphatic carbocycles. The molecule has 0 bridgehead atoms. The van der Waals surface area contributed by atoms with Gasteiger partial charge in [0.2, 0.25) is 11.8 Å². The molecule has 146 valence electrons. The fourth-order valence-corrected chi connectivity index (χ4v) is 3.64. The van der Waals surface area contributed by atoms with Gasteiger partial charge in [0, 0.05) is 25.9 Å². The molecule has 0 unspecified atom stereocenters. The van der Waals surface area contributed by atoms with Crippen molar-refractivity contribution in [3.8, 4) is 0 Å². The Hall–Kier alpha value is -2.31. The Morgan fingerprint density at radius 3 is 2.78 bits per heavy atom. The van der Waals surface area contributed by atoms with E-state index >= 15 is 0 Å².